The van der Waals surface area contributed by atoms with Crippen LogP contribution in [-0.2, 0) is 6.54 Å². The Balaban J connectivity index is 2.06. The van der Waals surface area contributed by atoms with Gasteiger partial charge < -0.3 is 5.73 Å². The van der Waals surface area contributed by atoms with Crippen molar-refractivity contribution in [3.63, 3.8) is 0 Å². The number of rotatable bonds is 4. The fourth-order valence-corrected chi connectivity index (χ4v) is 1.91. The summed E-state index contributed by atoms with van der Waals surface area (Å²) in [5, 5.41) is 0. The van der Waals surface area contributed by atoms with E-state index in [2.05, 4.69) is 56.9 Å². The van der Waals surface area contributed by atoms with Crippen molar-refractivity contribution in [3.8, 4) is 0 Å². The predicted molar refractivity (Wildman–Crippen MR) is 78.8 cm³/mol. The normalized spacial score (nSPS) is 11.0. The van der Waals surface area contributed by atoms with Crippen LogP contribution in [0.2, 0.25) is 0 Å². The van der Waals surface area contributed by atoms with Gasteiger partial charge in [-0.3, -0.25) is 0 Å². The predicted octanol–water partition coefficient (Wildman–Crippen LogP) is 2.87. The van der Waals surface area contributed by atoms with Crippen molar-refractivity contribution in [3.05, 3.63) is 64.4 Å². The van der Waals surface area contributed by atoms with Crippen LogP contribution in [0, 0.1) is 0 Å². The lowest BCUT2D eigenvalue weighted by Crippen LogP contribution is -2.36. The lowest BCUT2D eigenvalue weighted by molar-refractivity contribution is -0.694. The highest BCUT2D eigenvalue weighted by molar-refractivity contribution is 9.10. The minimum Gasteiger partial charge on any atom is -0.325 e. The lowest BCUT2D eigenvalue weighted by Gasteiger charge is -1.96. The van der Waals surface area contributed by atoms with Gasteiger partial charge in [-0.2, -0.15) is 0 Å². The summed E-state index contributed by atoms with van der Waals surface area (Å²) in [5.41, 5.74) is 7.88. The molecule has 0 amide bonds. The van der Waals surface area contributed by atoms with E-state index in [9.17, 15) is 0 Å². The first kappa shape index (κ1) is 13.0. The average molecular weight is 304 g/mol. The van der Waals surface area contributed by atoms with Gasteiger partial charge in [-0.05, 0) is 23.3 Å². The van der Waals surface area contributed by atoms with Crippen LogP contribution in [0.15, 0.2) is 53.3 Å². The molecule has 0 bridgehead atoms. The molecular formula is C15H16BrN2+. The Labute approximate surface area is 116 Å². The van der Waals surface area contributed by atoms with E-state index in [0.29, 0.717) is 6.54 Å². The van der Waals surface area contributed by atoms with E-state index >= 15 is 0 Å². The van der Waals surface area contributed by atoms with Crippen molar-refractivity contribution in [2.45, 2.75) is 6.54 Å². The SMILES string of the molecule is NCC[n+]1ccc(/C=C/c2ccc(Br)cc2)cc1. The molecule has 1 aromatic heterocycles. The number of aromatic nitrogens is 1. The molecule has 0 unspecified atom stereocenters. The number of halogens is 1. The summed E-state index contributed by atoms with van der Waals surface area (Å²) < 4.78 is 3.18. The molecule has 0 radical (unpaired) electrons. The second-order valence-corrected chi connectivity index (χ2v) is 4.96. The molecule has 1 heterocycles. The van der Waals surface area contributed by atoms with Gasteiger partial charge >= 0.3 is 0 Å². The highest BCUT2D eigenvalue weighted by Crippen LogP contribution is 2.12. The number of pyridine rings is 1. The Hall–Kier alpha value is -1.45. The molecule has 2 nitrogen and oxygen atoms in total. The molecule has 2 N–H and O–H groups in total. The van der Waals surface area contributed by atoms with Crippen LogP contribution in [-0.4, -0.2) is 6.54 Å². The Morgan fingerprint density at radius 3 is 2.06 bits per heavy atom. The molecule has 0 fully saturated rings. The summed E-state index contributed by atoms with van der Waals surface area (Å²) in [6.45, 7) is 1.52. The van der Waals surface area contributed by atoms with E-state index in [1.807, 2.05) is 24.5 Å². The van der Waals surface area contributed by atoms with Crippen molar-refractivity contribution in [2.75, 3.05) is 6.54 Å². The van der Waals surface area contributed by atoms with Crippen molar-refractivity contribution >= 4 is 28.1 Å². The van der Waals surface area contributed by atoms with Crippen LogP contribution < -0.4 is 10.3 Å². The Kier molecular flexibility index (Phi) is 4.67. The van der Waals surface area contributed by atoms with Crippen molar-refractivity contribution < 1.29 is 4.57 Å². The van der Waals surface area contributed by atoms with Crippen LogP contribution in [0.4, 0.5) is 0 Å². The minimum absolute atomic E-state index is 0.665. The third-order valence-corrected chi connectivity index (χ3v) is 3.17. The van der Waals surface area contributed by atoms with Crippen molar-refractivity contribution in [1.29, 1.82) is 0 Å². The Morgan fingerprint density at radius 1 is 0.944 bits per heavy atom. The molecule has 0 aliphatic rings. The highest BCUT2D eigenvalue weighted by Gasteiger charge is 1.96. The van der Waals surface area contributed by atoms with Gasteiger partial charge in [-0.15, -0.1) is 0 Å². The average Bonchev–Trinajstić information content (AvgIpc) is 2.40. The number of hydrogen-bond acceptors (Lipinski definition) is 1. The third kappa shape index (κ3) is 3.79. The molecule has 3 heteroatoms. The lowest BCUT2D eigenvalue weighted by atomic mass is 10.1. The largest absolute Gasteiger partial charge is 0.325 e. The molecule has 0 aliphatic heterocycles. The van der Waals surface area contributed by atoms with Crippen LogP contribution in [0.3, 0.4) is 0 Å². The van der Waals surface area contributed by atoms with E-state index in [1.54, 1.807) is 0 Å². The molecule has 0 saturated heterocycles. The molecular weight excluding hydrogens is 288 g/mol. The zero-order valence-electron chi connectivity index (χ0n) is 10.1. The van der Waals surface area contributed by atoms with Gasteiger partial charge in [-0.1, -0.05) is 40.2 Å². The van der Waals surface area contributed by atoms with E-state index in [1.165, 1.54) is 11.1 Å². The van der Waals surface area contributed by atoms with Gasteiger partial charge in [0.2, 0.25) is 0 Å². The van der Waals surface area contributed by atoms with E-state index in [-0.39, 0.29) is 0 Å². The van der Waals surface area contributed by atoms with Crippen molar-refractivity contribution in [1.82, 2.24) is 0 Å². The van der Waals surface area contributed by atoms with E-state index in [0.717, 1.165) is 11.0 Å². The second kappa shape index (κ2) is 6.47. The number of nitrogens with two attached hydrogens (primary N) is 1. The van der Waals surface area contributed by atoms with Gasteiger partial charge in [0.15, 0.2) is 18.9 Å². The molecule has 0 spiro atoms. The fourth-order valence-electron chi connectivity index (χ4n) is 1.64. The summed E-state index contributed by atoms with van der Waals surface area (Å²) in [6, 6.07) is 12.4. The summed E-state index contributed by atoms with van der Waals surface area (Å²) in [5.74, 6) is 0. The summed E-state index contributed by atoms with van der Waals surface area (Å²) >= 11 is 3.43. The van der Waals surface area contributed by atoms with Gasteiger partial charge in [-0.25, -0.2) is 4.57 Å². The zero-order chi connectivity index (χ0) is 12.8. The van der Waals surface area contributed by atoms with Crippen LogP contribution in [0.1, 0.15) is 11.1 Å². The van der Waals surface area contributed by atoms with E-state index < -0.39 is 0 Å². The quantitative estimate of drug-likeness (QED) is 0.865. The minimum atomic E-state index is 0.665. The molecule has 1 aromatic carbocycles. The van der Waals surface area contributed by atoms with Gasteiger partial charge in [0.25, 0.3) is 0 Å². The maximum Gasteiger partial charge on any atom is 0.169 e. The van der Waals surface area contributed by atoms with Gasteiger partial charge in [0.05, 0.1) is 6.54 Å². The Bertz CT molecular complexity index is 515. The molecule has 0 aliphatic carbocycles. The van der Waals surface area contributed by atoms with E-state index in [4.69, 9.17) is 5.73 Å². The fraction of sp³-hybridized carbons (Fsp3) is 0.133. The third-order valence-electron chi connectivity index (χ3n) is 2.64. The van der Waals surface area contributed by atoms with Crippen LogP contribution >= 0.6 is 15.9 Å². The molecule has 0 saturated carbocycles. The second-order valence-electron chi connectivity index (χ2n) is 4.04. The molecule has 18 heavy (non-hydrogen) atoms. The highest BCUT2D eigenvalue weighted by atomic mass is 79.9. The smallest absolute Gasteiger partial charge is 0.169 e. The molecule has 92 valence electrons. The Morgan fingerprint density at radius 2 is 1.50 bits per heavy atom. The van der Waals surface area contributed by atoms with Crippen LogP contribution in [0.5, 0.6) is 0 Å². The number of benzene rings is 1. The maximum atomic E-state index is 5.51. The van der Waals surface area contributed by atoms with Gasteiger partial charge in [0.1, 0.15) is 0 Å². The van der Waals surface area contributed by atoms with Crippen LogP contribution in [0.25, 0.3) is 12.2 Å². The first-order valence-electron chi connectivity index (χ1n) is 5.91. The summed E-state index contributed by atoms with van der Waals surface area (Å²) in [6.07, 6.45) is 8.31. The first-order valence-corrected chi connectivity index (χ1v) is 6.70. The first-order chi connectivity index (χ1) is 8.78. The number of nitrogens with zero attached hydrogens (tertiary/aromatic N) is 1. The molecule has 2 rings (SSSR count). The summed E-state index contributed by atoms with van der Waals surface area (Å²) in [4.78, 5) is 0. The molecule has 2 aromatic rings. The zero-order valence-corrected chi connectivity index (χ0v) is 11.7. The summed E-state index contributed by atoms with van der Waals surface area (Å²) in [7, 11) is 0. The topological polar surface area (TPSA) is 29.9 Å². The molecule has 0 atom stereocenters. The maximum absolute atomic E-state index is 5.51. The van der Waals surface area contributed by atoms with Crippen molar-refractivity contribution in [2.24, 2.45) is 5.73 Å². The monoisotopic (exact) mass is 303 g/mol. The van der Waals surface area contributed by atoms with Gasteiger partial charge in [0, 0.05) is 16.6 Å². The standard InChI is InChI=1S/C15H16BrN2/c16-15-5-3-13(4-6-15)1-2-14-7-10-18(11-8-14)12-9-17/h1-8,10-11H,9,12,17H2/q+1/b2-1+. The number of hydrogen-bond donors (Lipinski definition) is 1.